The largest absolute Gasteiger partial charge is 0.497 e. The Hall–Kier alpha value is -6.69. The number of anilines is 1. The van der Waals surface area contributed by atoms with Crippen molar-refractivity contribution in [3.8, 4) is 11.5 Å². The molecule has 2 aromatic heterocycles. The van der Waals surface area contributed by atoms with Crippen LogP contribution in [0.5, 0.6) is 11.5 Å². The van der Waals surface area contributed by atoms with Gasteiger partial charge in [0.1, 0.15) is 29.5 Å². The number of methoxy groups -OCH3 is 2. The van der Waals surface area contributed by atoms with Gasteiger partial charge in [-0.3, -0.25) is 19.5 Å². The highest BCUT2D eigenvalue weighted by atomic mass is 32.2. The van der Waals surface area contributed by atoms with Crippen LogP contribution in [0.4, 0.5) is 11.5 Å². The number of aromatic nitrogens is 4. The third kappa shape index (κ3) is 8.59. The molecule has 1 amide bonds. The molecule has 0 saturated carbocycles. The fraction of sp³-hybridized carbons (Fsp3) is 0.217. The van der Waals surface area contributed by atoms with E-state index in [-0.39, 0.29) is 36.6 Å². The third-order valence-electron chi connectivity index (χ3n) is 10.6. The van der Waals surface area contributed by atoms with Gasteiger partial charge < -0.3 is 34.1 Å². The number of aliphatic hydroxyl groups excluding tert-OH is 1. The van der Waals surface area contributed by atoms with E-state index in [1.807, 2.05) is 84.9 Å². The molecule has 1 saturated heterocycles. The van der Waals surface area contributed by atoms with E-state index in [1.165, 1.54) is 30.5 Å². The number of aliphatic hydroxyl groups is 1. The summed E-state index contributed by atoms with van der Waals surface area (Å²) in [5.41, 5.74) is 2.71. The van der Waals surface area contributed by atoms with Crippen LogP contribution < -0.4 is 14.8 Å². The molecule has 62 heavy (non-hydrogen) atoms. The lowest BCUT2D eigenvalue weighted by Crippen LogP contribution is -2.39. The van der Waals surface area contributed by atoms with Crippen molar-refractivity contribution in [1.82, 2.24) is 19.5 Å². The zero-order chi connectivity index (χ0) is 43.1. The van der Waals surface area contributed by atoms with Crippen LogP contribution in [0.25, 0.3) is 11.2 Å². The number of nitro groups is 1. The van der Waals surface area contributed by atoms with Crippen LogP contribution in [0.1, 0.15) is 38.8 Å². The summed E-state index contributed by atoms with van der Waals surface area (Å²) in [4.78, 5) is 37.8. The summed E-state index contributed by atoms with van der Waals surface area (Å²) in [7, 11) is 3.22. The molecule has 16 heteroatoms. The first-order valence-corrected chi connectivity index (χ1v) is 20.6. The molecule has 0 spiro atoms. The zero-order valence-electron chi connectivity index (χ0n) is 33.6. The maximum atomic E-state index is 13.1. The second kappa shape index (κ2) is 18.9. The molecule has 0 bridgehead atoms. The van der Waals surface area contributed by atoms with Crippen LogP contribution in [-0.4, -0.2) is 79.7 Å². The lowest BCUT2D eigenvalue weighted by molar-refractivity contribution is -0.385. The maximum Gasteiger partial charge on any atom is 0.274 e. The molecular formula is C46H42N6O9S. The van der Waals surface area contributed by atoms with E-state index in [2.05, 4.69) is 20.3 Å². The Bertz CT molecular complexity index is 2570. The van der Waals surface area contributed by atoms with E-state index >= 15 is 0 Å². The molecule has 316 valence electrons. The molecule has 8 rings (SSSR count). The number of nitrogens with zero attached hydrogens (tertiary/aromatic N) is 5. The van der Waals surface area contributed by atoms with Gasteiger partial charge in [-0.15, -0.1) is 11.8 Å². The average molecular weight is 855 g/mol. The molecule has 0 unspecified atom stereocenters. The number of hydrogen-bond acceptors (Lipinski definition) is 13. The molecule has 15 nitrogen and oxygen atoms in total. The summed E-state index contributed by atoms with van der Waals surface area (Å²) < 4.78 is 32.6. The number of benzene rings is 5. The number of hydrogen-bond donors (Lipinski definition) is 2. The fourth-order valence-corrected chi connectivity index (χ4v) is 8.60. The van der Waals surface area contributed by atoms with Crippen molar-refractivity contribution in [1.29, 1.82) is 0 Å². The quantitative estimate of drug-likeness (QED) is 0.0302. The number of carbonyl (C=O) groups excluding carboxylic acids is 1. The first-order valence-electron chi connectivity index (χ1n) is 19.6. The summed E-state index contributed by atoms with van der Waals surface area (Å²) in [6.45, 7) is -0.112. The van der Waals surface area contributed by atoms with E-state index in [9.17, 15) is 20.0 Å². The van der Waals surface area contributed by atoms with Crippen molar-refractivity contribution in [2.24, 2.45) is 0 Å². The minimum atomic E-state index is -1.20. The number of ether oxygens (including phenoxy) is 5. The number of imidazole rings is 1. The number of fused-ring (bicyclic) bond motifs is 1. The van der Waals surface area contributed by atoms with Crippen LogP contribution in [0, 0.1) is 10.1 Å². The summed E-state index contributed by atoms with van der Waals surface area (Å²) in [5, 5.41) is 26.1. The van der Waals surface area contributed by atoms with Gasteiger partial charge in [-0.05, 0) is 59.2 Å². The van der Waals surface area contributed by atoms with Gasteiger partial charge in [0.05, 0.1) is 61.5 Å². The topological polar surface area (TPSA) is 182 Å². The van der Waals surface area contributed by atoms with Gasteiger partial charge in [-0.1, -0.05) is 84.9 Å². The molecule has 7 aromatic rings. The summed E-state index contributed by atoms with van der Waals surface area (Å²) >= 11 is 1.27. The molecule has 1 fully saturated rings. The van der Waals surface area contributed by atoms with Crippen molar-refractivity contribution in [2.75, 3.05) is 32.1 Å². The predicted octanol–water partition coefficient (Wildman–Crippen LogP) is 7.55. The molecule has 4 atom stereocenters. The Labute approximate surface area is 360 Å². The van der Waals surface area contributed by atoms with Gasteiger partial charge in [0.2, 0.25) is 0 Å². The first kappa shape index (κ1) is 42.0. The van der Waals surface area contributed by atoms with E-state index in [4.69, 9.17) is 23.7 Å². The number of nitro benzene ring substituents is 1. The normalized spacial score (nSPS) is 17.5. The first-order chi connectivity index (χ1) is 30.3. The Morgan fingerprint density at radius 3 is 2.10 bits per heavy atom. The van der Waals surface area contributed by atoms with E-state index in [0.29, 0.717) is 33.8 Å². The summed E-state index contributed by atoms with van der Waals surface area (Å²) in [5.74, 6) is 1.22. The van der Waals surface area contributed by atoms with Crippen LogP contribution >= 0.6 is 11.8 Å². The third-order valence-corrected chi connectivity index (χ3v) is 11.8. The zero-order valence-corrected chi connectivity index (χ0v) is 34.5. The van der Waals surface area contributed by atoms with Gasteiger partial charge in [-0.2, -0.15) is 0 Å². The van der Waals surface area contributed by atoms with Crippen molar-refractivity contribution in [2.45, 2.75) is 35.9 Å². The van der Waals surface area contributed by atoms with Gasteiger partial charge in [0.25, 0.3) is 11.6 Å². The number of rotatable bonds is 17. The molecule has 1 aliphatic rings. The van der Waals surface area contributed by atoms with Crippen LogP contribution in [-0.2, 0) is 26.4 Å². The molecular weight excluding hydrogens is 813 g/mol. The van der Waals surface area contributed by atoms with Crippen molar-refractivity contribution >= 4 is 40.3 Å². The number of thioether (sulfide) groups is 1. The van der Waals surface area contributed by atoms with Crippen LogP contribution in [0.3, 0.4) is 0 Å². The van der Waals surface area contributed by atoms with E-state index in [0.717, 1.165) is 16.7 Å². The highest BCUT2D eigenvalue weighted by molar-refractivity contribution is 7.99. The smallest absolute Gasteiger partial charge is 0.274 e. The minimum Gasteiger partial charge on any atom is -0.497 e. The Kier molecular flexibility index (Phi) is 12.8. The van der Waals surface area contributed by atoms with Crippen molar-refractivity contribution in [3.05, 3.63) is 184 Å². The summed E-state index contributed by atoms with van der Waals surface area (Å²) in [6, 6.07) is 40.2. The molecule has 5 aromatic carbocycles. The second-order valence-electron chi connectivity index (χ2n) is 14.2. The lowest BCUT2D eigenvalue weighted by atomic mass is 9.80. The van der Waals surface area contributed by atoms with Gasteiger partial charge in [0.15, 0.2) is 23.2 Å². The SMILES string of the molecule is COc1ccc(C(OC[C@H]2O[C@@H](n3cnc4c(NC(=O)c5ccccc5)ncnc43)[C@@H](SCOCc3ccccc3[N+](=O)[O-])[C@@H]2O)(c2ccccc2)c2ccc(OC)cc2)cc1. The highest BCUT2D eigenvalue weighted by Crippen LogP contribution is 2.45. The molecule has 2 N–H and O–H groups in total. The van der Waals surface area contributed by atoms with Crippen LogP contribution in [0.2, 0.25) is 0 Å². The Balaban J connectivity index is 1.13. The van der Waals surface area contributed by atoms with Crippen molar-refractivity contribution < 1.29 is 38.5 Å². The van der Waals surface area contributed by atoms with Crippen LogP contribution in [0.15, 0.2) is 146 Å². The predicted molar refractivity (Wildman–Crippen MR) is 232 cm³/mol. The van der Waals surface area contributed by atoms with Gasteiger partial charge >= 0.3 is 0 Å². The fourth-order valence-electron chi connectivity index (χ4n) is 7.53. The second-order valence-corrected chi connectivity index (χ2v) is 15.3. The molecule has 0 aliphatic carbocycles. The summed E-state index contributed by atoms with van der Waals surface area (Å²) in [6.07, 6.45) is -0.0458. The Morgan fingerprint density at radius 1 is 0.839 bits per heavy atom. The number of amides is 1. The Morgan fingerprint density at radius 2 is 1.45 bits per heavy atom. The molecule has 0 radical (unpaired) electrons. The molecule has 3 heterocycles. The van der Waals surface area contributed by atoms with Crippen molar-refractivity contribution in [3.63, 3.8) is 0 Å². The number of carbonyl (C=O) groups is 1. The number of para-hydroxylation sites is 1. The van der Waals surface area contributed by atoms with E-state index < -0.39 is 34.2 Å². The lowest BCUT2D eigenvalue weighted by Gasteiger charge is -2.37. The highest BCUT2D eigenvalue weighted by Gasteiger charge is 2.48. The maximum absolute atomic E-state index is 13.1. The monoisotopic (exact) mass is 854 g/mol. The average Bonchev–Trinajstić information content (AvgIpc) is 3.89. The van der Waals surface area contributed by atoms with Gasteiger partial charge in [-0.25, -0.2) is 15.0 Å². The van der Waals surface area contributed by atoms with E-state index in [1.54, 1.807) is 61.3 Å². The minimum absolute atomic E-state index is 0.0277. The molecule has 1 aliphatic heterocycles. The standard InChI is InChI=1S/C46H42N6O9S/c1-57-35-21-17-33(18-22-35)46(32-14-7-4-8-15-32,34-19-23-36(58-2)24-20-34)60-26-38-40(53)41(62-29-59-25-31-13-9-10-16-37(31)52(55)56)45(61-38)51-28-49-39-42(47-27-48-43(39)51)50-44(54)30-11-5-3-6-12-30/h3-24,27-28,38,40-41,45,53H,25-26,29H2,1-2H3,(H,47,48,50,54)/t38-,40-,41+,45-/m1/s1. The van der Waals surface area contributed by atoms with Gasteiger partial charge in [0, 0.05) is 11.6 Å². The number of nitrogens with one attached hydrogen (secondary N) is 1.